The Morgan fingerprint density at radius 3 is 2.54 bits per heavy atom. The number of morpholine rings is 1. The first-order chi connectivity index (χ1) is 13.7. The van der Waals surface area contributed by atoms with Crippen LogP contribution < -0.4 is 0 Å². The monoisotopic (exact) mass is 398 g/mol. The van der Waals surface area contributed by atoms with Crippen molar-refractivity contribution < 1.29 is 19.4 Å². The van der Waals surface area contributed by atoms with Crippen molar-refractivity contribution in [3.63, 3.8) is 0 Å². The van der Waals surface area contributed by atoms with E-state index in [2.05, 4.69) is 4.90 Å². The number of carbonyl (C=O) groups excluding carboxylic acids is 2. The molecule has 2 aliphatic rings. The zero-order valence-electron chi connectivity index (χ0n) is 15.4. The third-order valence-electron chi connectivity index (χ3n) is 5.17. The highest BCUT2D eigenvalue weighted by molar-refractivity contribution is 7.12. The van der Waals surface area contributed by atoms with E-state index in [1.807, 2.05) is 35.7 Å². The van der Waals surface area contributed by atoms with Gasteiger partial charge in [-0.05, 0) is 17.0 Å². The number of amides is 1. The molecule has 0 bridgehead atoms. The summed E-state index contributed by atoms with van der Waals surface area (Å²) in [5, 5.41) is 12.4. The van der Waals surface area contributed by atoms with Crippen LogP contribution in [0.2, 0.25) is 0 Å². The number of ether oxygens (including phenoxy) is 1. The Morgan fingerprint density at radius 1 is 1.11 bits per heavy atom. The number of benzene rings is 1. The number of carbonyl (C=O) groups is 2. The van der Waals surface area contributed by atoms with E-state index in [-0.39, 0.29) is 11.4 Å². The molecule has 2 aromatic rings. The van der Waals surface area contributed by atoms with Crippen LogP contribution in [-0.2, 0) is 9.53 Å². The van der Waals surface area contributed by atoms with Gasteiger partial charge < -0.3 is 14.7 Å². The van der Waals surface area contributed by atoms with Crippen molar-refractivity contribution in [1.82, 2.24) is 9.80 Å². The molecule has 1 saturated heterocycles. The lowest BCUT2D eigenvalue weighted by atomic mass is 9.95. The van der Waals surface area contributed by atoms with Crippen LogP contribution in [0.1, 0.15) is 21.3 Å². The summed E-state index contributed by atoms with van der Waals surface area (Å²) in [5.41, 5.74) is 0.988. The number of aliphatic hydroxyl groups excluding tert-OH is 1. The van der Waals surface area contributed by atoms with Gasteiger partial charge in [-0.15, -0.1) is 11.3 Å². The number of rotatable bonds is 6. The third kappa shape index (κ3) is 3.61. The van der Waals surface area contributed by atoms with Gasteiger partial charge in [-0.25, -0.2) is 0 Å². The highest BCUT2D eigenvalue weighted by Crippen LogP contribution is 2.39. The number of thiophene rings is 1. The van der Waals surface area contributed by atoms with Crippen LogP contribution >= 0.6 is 11.3 Å². The largest absolute Gasteiger partial charge is 0.503 e. The van der Waals surface area contributed by atoms with E-state index in [1.54, 1.807) is 17.0 Å². The number of ketones is 1. The van der Waals surface area contributed by atoms with Crippen molar-refractivity contribution >= 4 is 23.0 Å². The van der Waals surface area contributed by atoms with E-state index in [1.165, 1.54) is 11.3 Å². The maximum Gasteiger partial charge on any atom is 0.290 e. The number of Topliss-reactive ketones (excluding diaryl/α,β-unsaturated/α-hetero) is 1. The molecule has 7 heteroatoms. The zero-order chi connectivity index (χ0) is 19.5. The summed E-state index contributed by atoms with van der Waals surface area (Å²) in [6.07, 6.45) is 0. The highest BCUT2D eigenvalue weighted by Gasteiger charge is 2.43. The second kappa shape index (κ2) is 8.26. The molecule has 1 fully saturated rings. The van der Waals surface area contributed by atoms with Crippen LogP contribution in [-0.4, -0.2) is 66.0 Å². The maximum absolute atomic E-state index is 13.1. The molecule has 0 saturated carbocycles. The molecule has 4 rings (SSSR count). The Morgan fingerprint density at radius 2 is 1.86 bits per heavy atom. The molecule has 1 N–H and O–H groups in total. The topological polar surface area (TPSA) is 70.1 Å². The molecule has 1 amide bonds. The molecule has 1 aromatic heterocycles. The summed E-state index contributed by atoms with van der Waals surface area (Å²) in [6.45, 7) is 4.11. The average molecular weight is 398 g/mol. The van der Waals surface area contributed by atoms with E-state index >= 15 is 0 Å². The fourth-order valence-electron chi connectivity index (χ4n) is 3.71. The van der Waals surface area contributed by atoms with Gasteiger partial charge >= 0.3 is 0 Å². The molecule has 1 aromatic carbocycles. The lowest BCUT2D eigenvalue weighted by Crippen LogP contribution is -2.43. The second-order valence-corrected chi connectivity index (χ2v) is 7.78. The smallest absolute Gasteiger partial charge is 0.290 e. The third-order valence-corrected chi connectivity index (χ3v) is 6.04. The molecule has 0 spiro atoms. The number of hydrogen-bond acceptors (Lipinski definition) is 6. The Kier molecular flexibility index (Phi) is 5.57. The summed E-state index contributed by atoms with van der Waals surface area (Å²) in [4.78, 5) is 30.3. The molecule has 146 valence electrons. The van der Waals surface area contributed by atoms with Gasteiger partial charge in [-0.2, -0.15) is 0 Å². The second-order valence-electron chi connectivity index (χ2n) is 6.83. The van der Waals surface area contributed by atoms with E-state index in [0.29, 0.717) is 31.2 Å². The van der Waals surface area contributed by atoms with Gasteiger partial charge in [-0.1, -0.05) is 36.4 Å². The van der Waals surface area contributed by atoms with Crippen molar-refractivity contribution in [2.45, 2.75) is 6.04 Å². The molecular weight excluding hydrogens is 376 g/mol. The quantitative estimate of drug-likeness (QED) is 0.758. The minimum atomic E-state index is -0.579. The predicted octanol–water partition coefficient (Wildman–Crippen LogP) is 2.66. The zero-order valence-corrected chi connectivity index (χ0v) is 16.2. The van der Waals surface area contributed by atoms with Crippen molar-refractivity contribution in [3.05, 3.63) is 69.6 Å². The Labute approximate surface area is 167 Å². The van der Waals surface area contributed by atoms with Gasteiger partial charge in [0.05, 0.1) is 29.7 Å². The van der Waals surface area contributed by atoms with Crippen molar-refractivity contribution in [3.8, 4) is 0 Å². The van der Waals surface area contributed by atoms with Crippen LogP contribution in [0.4, 0.5) is 0 Å². The van der Waals surface area contributed by atoms with E-state index in [9.17, 15) is 14.7 Å². The van der Waals surface area contributed by atoms with Gasteiger partial charge in [0.15, 0.2) is 5.76 Å². The van der Waals surface area contributed by atoms with Crippen molar-refractivity contribution in [2.24, 2.45) is 0 Å². The van der Waals surface area contributed by atoms with Crippen LogP contribution in [0.15, 0.2) is 59.2 Å². The van der Waals surface area contributed by atoms with Gasteiger partial charge in [0.1, 0.15) is 0 Å². The molecular formula is C21H22N2O4S. The summed E-state index contributed by atoms with van der Waals surface area (Å²) in [6, 6.07) is 12.4. The molecule has 0 radical (unpaired) electrons. The van der Waals surface area contributed by atoms with E-state index < -0.39 is 17.7 Å². The van der Waals surface area contributed by atoms with Crippen LogP contribution in [0.3, 0.4) is 0 Å². The standard InChI is InChI=1S/C21H22N2O4S/c24-19(16-7-4-14-28-16)17-18(15-5-2-1-3-6-15)23(21(26)20(17)25)9-8-22-10-12-27-13-11-22/h1-7,14,18,25H,8-13H2/t18-/m1/s1. The van der Waals surface area contributed by atoms with Gasteiger partial charge in [0.25, 0.3) is 5.91 Å². The van der Waals surface area contributed by atoms with Gasteiger partial charge in [-0.3, -0.25) is 14.5 Å². The molecule has 6 nitrogen and oxygen atoms in total. The maximum atomic E-state index is 13.1. The van der Waals surface area contributed by atoms with Crippen LogP contribution in [0.5, 0.6) is 0 Å². The minimum Gasteiger partial charge on any atom is -0.503 e. The Hall–Kier alpha value is -2.48. The molecule has 0 aliphatic carbocycles. The molecule has 2 aliphatic heterocycles. The normalized spacial score (nSPS) is 20.8. The minimum absolute atomic E-state index is 0.167. The Bertz CT molecular complexity index is 873. The lowest BCUT2D eigenvalue weighted by molar-refractivity contribution is -0.129. The Balaban J connectivity index is 1.64. The number of hydrogen-bond donors (Lipinski definition) is 1. The molecule has 1 atom stereocenters. The van der Waals surface area contributed by atoms with E-state index in [4.69, 9.17) is 4.74 Å². The van der Waals surface area contributed by atoms with Gasteiger partial charge in [0.2, 0.25) is 5.78 Å². The highest BCUT2D eigenvalue weighted by atomic mass is 32.1. The van der Waals surface area contributed by atoms with Crippen LogP contribution in [0, 0.1) is 0 Å². The van der Waals surface area contributed by atoms with Crippen molar-refractivity contribution in [1.29, 1.82) is 0 Å². The fraction of sp³-hybridized carbons (Fsp3) is 0.333. The summed E-state index contributed by atoms with van der Waals surface area (Å²) in [5.74, 6) is -1.21. The summed E-state index contributed by atoms with van der Waals surface area (Å²) < 4.78 is 5.38. The fourth-order valence-corrected chi connectivity index (χ4v) is 4.39. The van der Waals surface area contributed by atoms with E-state index in [0.717, 1.165) is 18.7 Å². The predicted molar refractivity (Wildman–Crippen MR) is 106 cm³/mol. The first-order valence-electron chi connectivity index (χ1n) is 9.34. The number of nitrogens with zero attached hydrogens (tertiary/aromatic N) is 2. The molecule has 0 unspecified atom stereocenters. The van der Waals surface area contributed by atoms with Crippen molar-refractivity contribution in [2.75, 3.05) is 39.4 Å². The lowest BCUT2D eigenvalue weighted by Gasteiger charge is -2.31. The molecule has 3 heterocycles. The van der Waals surface area contributed by atoms with Crippen LogP contribution in [0.25, 0.3) is 0 Å². The summed E-state index contributed by atoms with van der Waals surface area (Å²) >= 11 is 1.31. The first kappa shape index (κ1) is 18.9. The average Bonchev–Trinajstić information content (AvgIpc) is 3.36. The first-order valence-corrected chi connectivity index (χ1v) is 10.2. The van der Waals surface area contributed by atoms with Gasteiger partial charge in [0, 0.05) is 26.2 Å². The summed E-state index contributed by atoms with van der Waals surface area (Å²) in [7, 11) is 0. The number of aliphatic hydroxyl groups is 1. The molecule has 28 heavy (non-hydrogen) atoms. The SMILES string of the molecule is O=C(C1=C(O)C(=O)N(CCN2CCOCC2)[C@@H]1c1ccccc1)c1cccs1.